The molecule has 0 rings (SSSR count). The van der Waals surface area contributed by atoms with E-state index in [2.05, 4.69) is 12.2 Å². The molecule has 0 fully saturated rings. The van der Waals surface area contributed by atoms with Crippen molar-refractivity contribution >= 4 is 17.7 Å². The van der Waals surface area contributed by atoms with Crippen molar-refractivity contribution in [3.05, 3.63) is 0 Å². The van der Waals surface area contributed by atoms with Gasteiger partial charge < -0.3 is 11.5 Å². The van der Waals surface area contributed by atoms with Gasteiger partial charge in [-0.1, -0.05) is 71.1 Å². The van der Waals surface area contributed by atoms with Gasteiger partial charge in [-0.3, -0.25) is 19.7 Å². The monoisotopic (exact) mass is 355 g/mol. The summed E-state index contributed by atoms with van der Waals surface area (Å²) in [4.78, 5) is 34.0. The molecule has 25 heavy (non-hydrogen) atoms. The molecule has 3 amide bonds. The Balaban J connectivity index is 3.48. The molecular formula is C19H37N3O3. The van der Waals surface area contributed by atoms with Crippen molar-refractivity contribution in [2.75, 3.05) is 0 Å². The molecule has 0 unspecified atom stereocenters. The van der Waals surface area contributed by atoms with Crippen LogP contribution < -0.4 is 16.8 Å². The van der Waals surface area contributed by atoms with Crippen LogP contribution in [0.4, 0.5) is 0 Å². The van der Waals surface area contributed by atoms with Gasteiger partial charge in [0.05, 0.1) is 6.04 Å². The van der Waals surface area contributed by atoms with Crippen molar-refractivity contribution in [1.82, 2.24) is 5.32 Å². The minimum atomic E-state index is -0.867. The smallest absolute Gasteiger partial charge is 0.243 e. The second-order valence-corrected chi connectivity index (χ2v) is 6.81. The third-order valence-electron chi connectivity index (χ3n) is 4.31. The van der Waals surface area contributed by atoms with E-state index in [0.29, 0.717) is 6.42 Å². The van der Waals surface area contributed by atoms with Crippen molar-refractivity contribution in [2.45, 2.75) is 103 Å². The first-order chi connectivity index (χ1) is 12.0. The molecule has 0 spiro atoms. The lowest BCUT2D eigenvalue weighted by Gasteiger charge is -2.10. The van der Waals surface area contributed by atoms with E-state index < -0.39 is 17.9 Å². The molecule has 0 bridgehead atoms. The third kappa shape index (κ3) is 15.8. The zero-order valence-electron chi connectivity index (χ0n) is 15.9. The van der Waals surface area contributed by atoms with Gasteiger partial charge in [0, 0.05) is 12.8 Å². The zero-order valence-corrected chi connectivity index (χ0v) is 15.9. The van der Waals surface area contributed by atoms with E-state index in [0.717, 1.165) is 19.3 Å². The van der Waals surface area contributed by atoms with Gasteiger partial charge in [-0.2, -0.15) is 0 Å². The highest BCUT2D eigenvalue weighted by molar-refractivity contribution is 5.97. The summed E-state index contributed by atoms with van der Waals surface area (Å²) < 4.78 is 0. The van der Waals surface area contributed by atoms with E-state index >= 15 is 0 Å². The third-order valence-corrected chi connectivity index (χ3v) is 4.31. The van der Waals surface area contributed by atoms with Gasteiger partial charge in [0.15, 0.2) is 0 Å². The highest BCUT2D eigenvalue weighted by Gasteiger charge is 2.16. The lowest BCUT2D eigenvalue weighted by Crippen LogP contribution is -2.43. The normalized spacial score (nSPS) is 11.9. The Morgan fingerprint density at radius 1 is 0.800 bits per heavy atom. The number of imide groups is 1. The summed E-state index contributed by atoms with van der Waals surface area (Å²) in [5.41, 5.74) is 10.6. The maximum Gasteiger partial charge on any atom is 0.243 e. The number of nitrogens with one attached hydrogen (secondary N) is 1. The van der Waals surface area contributed by atoms with E-state index in [1.165, 1.54) is 51.4 Å². The standard InChI is InChI=1S/C19H37N3O3/c1-2-3-4-5-6-7-8-9-10-11-12-13-18(24)22-19(25)16(20)14-15-17(21)23/h16H,2-15,20H2,1H3,(H2,21,23)(H,22,24,25)/t16-/m0/s1. The summed E-state index contributed by atoms with van der Waals surface area (Å²) in [7, 11) is 0. The lowest BCUT2D eigenvalue weighted by atomic mass is 10.1. The van der Waals surface area contributed by atoms with Crippen LogP contribution in [0.15, 0.2) is 0 Å². The predicted molar refractivity (Wildman–Crippen MR) is 101 cm³/mol. The molecule has 0 radical (unpaired) electrons. The van der Waals surface area contributed by atoms with Gasteiger partial charge in [0.1, 0.15) is 0 Å². The molecule has 0 heterocycles. The zero-order chi connectivity index (χ0) is 18.9. The molecule has 6 heteroatoms. The van der Waals surface area contributed by atoms with Crippen LogP contribution in [-0.4, -0.2) is 23.8 Å². The minimum Gasteiger partial charge on any atom is -0.370 e. The summed E-state index contributed by atoms with van der Waals surface area (Å²) in [6.07, 6.45) is 13.9. The van der Waals surface area contributed by atoms with Crippen molar-refractivity contribution in [1.29, 1.82) is 0 Å². The fourth-order valence-electron chi connectivity index (χ4n) is 2.67. The van der Waals surface area contributed by atoms with Gasteiger partial charge >= 0.3 is 0 Å². The first kappa shape index (κ1) is 23.6. The number of hydrogen-bond donors (Lipinski definition) is 3. The fourth-order valence-corrected chi connectivity index (χ4v) is 2.67. The van der Waals surface area contributed by atoms with Crippen LogP contribution in [0.3, 0.4) is 0 Å². The molecule has 1 atom stereocenters. The van der Waals surface area contributed by atoms with Crippen LogP contribution in [0, 0.1) is 0 Å². The largest absolute Gasteiger partial charge is 0.370 e. The Morgan fingerprint density at radius 3 is 1.76 bits per heavy atom. The molecule has 146 valence electrons. The number of hydrogen-bond acceptors (Lipinski definition) is 4. The molecule has 0 aromatic carbocycles. The van der Waals surface area contributed by atoms with Gasteiger partial charge in [-0.25, -0.2) is 0 Å². The maximum absolute atomic E-state index is 11.7. The van der Waals surface area contributed by atoms with Crippen molar-refractivity contribution in [2.24, 2.45) is 11.5 Å². The first-order valence-electron chi connectivity index (χ1n) is 9.85. The Kier molecular flexibility index (Phi) is 15.1. The Hall–Kier alpha value is -1.43. The van der Waals surface area contributed by atoms with Gasteiger partial charge in [0.25, 0.3) is 0 Å². The highest BCUT2D eigenvalue weighted by atomic mass is 16.2. The maximum atomic E-state index is 11.7. The van der Waals surface area contributed by atoms with E-state index in [1.807, 2.05) is 0 Å². The van der Waals surface area contributed by atoms with Crippen LogP contribution in [0.25, 0.3) is 0 Å². The number of amides is 3. The number of rotatable bonds is 16. The SMILES string of the molecule is CCCCCCCCCCCCCC(=O)NC(=O)[C@@H](N)CCC(N)=O. The quantitative estimate of drug-likeness (QED) is 0.369. The molecule has 0 aliphatic rings. The number of nitrogens with two attached hydrogens (primary N) is 2. The van der Waals surface area contributed by atoms with E-state index in [-0.39, 0.29) is 18.7 Å². The van der Waals surface area contributed by atoms with Crippen LogP contribution in [0.1, 0.15) is 96.8 Å². The van der Waals surface area contributed by atoms with Crippen LogP contribution in [0.5, 0.6) is 0 Å². The lowest BCUT2D eigenvalue weighted by molar-refractivity contribution is -0.131. The predicted octanol–water partition coefficient (Wildman–Crippen LogP) is 2.92. The van der Waals surface area contributed by atoms with Crippen LogP contribution in [0.2, 0.25) is 0 Å². The summed E-state index contributed by atoms with van der Waals surface area (Å²) >= 11 is 0. The molecule has 0 aromatic rings. The summed E-state index contributed by atoms with van der Waals surface area (Å²) in [6.45, 7) is 2.23. The number of carbonyl (C=O) groups excluding carboxylic acids is 3. The summed E-state index contributed by atoms with van der Waals surface area (Å²) in [5, 5.41) is 2.28. The van der Waals surface area contributed by atoms with Crippen LogP contribution >= 0.6 is 0 Å². The average molecular weight is 356 g/mol. The Labute approximate surface area is 152 Å². The molecule has 6 nitrogen and oxygen atoms in total. The molecule has 5 N–H and O–H groups in total. The van der Waals surface area contributed by atoms with E-state index in [4.69, 9.17) is 11.5 Å². The first-order valence-corrected chi connectivity index (χ1v) is 9.85. The van der Waals surface area contributed by atoms with Crippen molar-refractivity contribution in [3.63, 3.8) is 0 Å². The van der Waals surface area contributed by atoms with E-state index in [1.54, 1.807) is 0 Å². The highest BCUT2D eigenvalue weighted by Crippen LogP contribution is 2.11. The van der Waals surface area contributed by atoms with Gasteiger partial charge in [-0.15, -0.1) is 0 Å². The second-order valence-electron chi connectivity index (χ2n) is 6.81. The Bertz CT molecular complexity index is 386. The van der Waals surface area contributed by atoms with Gasteiger partial charge in [-0.05, 0) is 12.8 Å². The number of carbonyl (C=O) groups is 3. The molecule has 0 aromatic heterocycles. The van der Waals surface area contributed by atoms with Crippen LogP contribution in [-0.2, 0) is 14.4 Å². The minimum absolute atomic E-state index is 0.0430. The fraction of sp³-hybridized carbons (Fsp3) is 0.842. The average Bonchev–Trinajstić information content (AvgIpc) is 2.57. The van der Waals surface area contributed by atoms with Gasteiger partial charge in [0.2, 0.25) is 17.7 Å². The molecule has 0 saturated carbocycles. The Morgan fingerprint density at radius 2 is 1.28 bits per heavy atom. The summed E-state index contributed by atoms with van der Waals surface area (Å²) in [6, 6.07) is -0.867. The number of primary amides is 1. The summed E-state index contributed by atoms with van der Waals surface area (Å²) in [5.74, 6) is -1.33. The molecule has 0 aliphatic carbocycles. The molecular weight excluding hydrogens is 318 g/mol. The number of unbranched alkanes of at least 4 members (excludes halogenated alkanes) is 10. The molecule has 0 aliphatic heterocycles. The van der Waals surface area contributed by atoms with Crippen molar-refractivity contribution in [3.8, 4) is 0 Å². The van der Waals surface area contributed by atoms with E-state index in [9.17, 15) is 14.4 Å². The topological polar surface area (TPSA) is 115 Å². The van der Waals surface area contributed by atoms with Crippen molar-refractivity contribution < 1.29 is 14.4 Å². The molecule has 0 saturated heterocycles. The second kappa shape index (κ2) is 16.1.